The third-order valence-corrected chi connectivity index (χ3v) is 3.21. The van der Waals surface area contributed by atoms with Crippen LogP contribution in [-0.2, 0) is 0 Å². The fraction of sp³-hybridized carbons (Fsp3) is 0.455. The monoisotopic (exact) mass is 239 g/mol. The number of rotatable bonds is 2. The highest BCUT2D eigenvalue weighted by molar-refractivity contribution is 6.31. The highest BCUT2D eigenvalue weighted by Crippen LogP contribution is 2.26. The third kappa shape index (κ3) is 1.90. The molecule has 1 aromatic rings. The number of nitrogens with zero attached hydrogens (tertiary/aromatic N) is 1. The van der Waals surface area contributed by atoms with Gasteiger partial charge in [0.25, 0.3) is 0 Å². The van der Waals surface area contributed by atoms with Gasteiger partial charge in [-0.25, -0.2) is 4.98 Å². The lowest BCUT2D eigenvalue weighted by Gasteiger charge is -2.23. The first-order valence-corrected chi connectivity index (χ1v) is 5.61. The number of anilines is 1. The molecule has 0 bridgehead atoms. The minimum absolute atomic E-state index is 0.0301. The summed E-state index contributed by atoms with van der Waals surface area (Å²) >= 11 is 5.82. The zero-order valence-corrected chi connectivity index (χ0v) is 9.84. The van der Waals surface area contributed by atoms with E-state index in [9.17, 15) is 4.79 Å². The maximum absolute atomic E-state index is 12.3. The lowest BCUT2D eigenvalue weighted by molar-refractivity contribution is 0.0885. The number of nitrogens with one attached hydrogen (secondary N) is 1. The lowest BCUT2D eigenvalue weighted by Crippen LogP contribution is -2.44. The van der Waals surface area contributed by atoms with Gasteiger partial charge in [0.05, 0.1) is 16.1 Å². The Morgan fingerprint density at radius 3 is 3.06 bits per heavy atom. The molecule has 86 valence electrons. The molecule has 0 radical (unpaired) electrons. The quantitative estimate of drug-likeness (QED) is 0.770. The zero-order chi connectivity index (χ0) is 11.8. The number of carbonyl (C=O) groups is 1. The zero-order valence-electron chi connectivity index (χ0n) is 9.09. The summed E-state index contributed by atoms with van der Waals surface area (Å²) in [5.74, 6) is 0.210. The van der Waals surface area contributed by atoms with E-state index in [1.165, 1.54) is 6.20 Å². The number of hydrogen-bond acceptors (Lipinski definition) is 4. The number of aromatic nitrogens is 1. The number of pyridine rings is 1. The Balaban J connectivity index is 2.36. The molecule has 2 heterocycles. The maximum atomic E-state index is 12.3. The average molecular weight is 240 g/mol. The smallest absolute Gasteiger partial charge is 0.186 e. The normalized spacial score (nSPS) is 24.6. The van der Waals surface area contributed by atoms with E-state index in [-0.39, 0.29) is 11.6 Å². The lowest BCUT2D eigenvalue weighted by atomic mass is 9.90. The summed E-state index contributed by atoms with van der Waals surface area (Å²) in [7, 11) is 0. The van der Waals surface area contributed by atoms with Gasteiger partial charge in [0.2, 0.25) is 0 Å². The Hall–Kier alpha value is -1.13. The van der Waals surface area contributed by atoms with E-state index in [2.05, 4.69) is 10.3 Å². The molecular formula is C11H14ClN3O. The summed E-state index contributed by atoms with van der Waals surface area (Å²) in [6, 6.07) is 1.58. The largest absolute Gasteiger partial charge is 0.383 e. The van der Waals surface area contributed by atoms with Crippen molar-refractivity contribution in [3.63, 3.8) is 0 Å². The molecule has 1 saturated heterocycles. The predicted molar refractivity (Wildman–Crippen MR) is 63.6 cm³/mol. The summed E-state index contributed by atoms with van der Waals surface area (Å²) in [6.45, 7) is 2.75. The van der Waals surface area contributed by atoms with Crippen LogP contribution in [0.25, 0.3) is 0 Å². The van der Waals surface area contributed by atoms with E-state index >= 15 is 0 Å². The van der Waals surface area contributed by atoms with Gasteiger partial charge in [-0.3, -0.25) is 4.79 Å². The number of nitrogen functional groups attached to an aromatic ring is 1. The van der Waals surface area contributed by atoms with Gasteiger partial charge in [0, 0.05) is 6.20 Å². The molecule has 2 rings (SSSR count). The van der Waals surface area contributed by atoms with E-state index in [1.807, 2.05) is 6.92 Å². The van der Waals surface area contributed by atoms with Crippen LogP contribution in [0.1, 0.15) is 30.1 Å². The Bertz CT molecular complexity index is 427. The first-order chi connectivity index (χ1) is 7.53. The summed E-state index contributed by atoms with van der Waals surface area (Å²) in [5.41, 5.74) is 5.58. The van der Waals surface area contributed by atoms with Crippen molar-refractivity contribution in [2.24, 2.45) is 0 Å². The molecule has 1 aromatic heterocycles. The van der Waals surface area contributed by atoms with Crippen LogP contribution in [-0.4, -0.2) is 22.9 Å². The summed E-state index contributed by atoms with van der Waals surface area (Å²) in [6.07, 6.45) is 3.26. The standard InChI is InChI=1S/C11H14ClN3O/c1-11(3-2-4-15-11)9(16)8-5-7(12)6-14-10(8)13/h5-6,15H,2-4H2,1H3,(H2,13,14). The van der Waals surface area contributed by atoms with E-state index < -0.39 is 5.54 Å². The molecule has 0 aromatic carbocycles. The molecule has 1 aliphatic heterocycles. The van der Waals surface area contributed by atoms with Crippen LogP contribution in [0.2, 0.25) is 5.02 Å². The Labute approximate surface area is 99.2 Å². The minimum atomic E-state index is -0.527. The maximum Gasteiger partial charge on any atom is 0.186 e. The van der Waals surface area contributed by atoms with Crippen molar-refractivity contribution in [3.05, 3.63) is 22.8 Å². The van der Waals surface area contributed by atoms with Crippen LogP contribution in [0.3, 0.4) is 0 Å². The Morgan fingerprint density at radius 1 is 1.69 bits per heavy atom. The van der Waals surface area contributed by atoms with Crippen molar-refractivity contribution in [2.45, 2.75) is 25.3 Å². The second-order valence-corrected chi connectivity index (χ2v) is 4.71. The molecule has 5 heteroatoms. The molecule has 1 fully saturated rings. The van der Waals surface area contributed by atoms with E-state index in [0.717, 1.165) is 19.4 Å². The number of Topliss-reactive ketones (excluding diaryl/α,β-unsaturated/α-hetero) is 1. The van der Waals surface area contributed by atoms with Crippen LogP contribution < -0.4 is 11.1 Å². The van der Waals surface area contributed by atoms with Gasteiger partial charge in [-0.1, -0.05) is 11.6 Å². The highest BCUT2D eigenvalue weighted by Gasteiger charge is 2.37. The predicted octanol–water partition coefficient (Wildman–Crippen LogP) is 1.64. The number of ketones is 1. The number of hydrogen-bond donors (Lipinski definition) is 2. The van der Waals surface area contributed by atoms with Crippen molar-refractivity contribution in [3.8, 4) is 0 Å². The molecule has 0 saturated carbocycles. The number of nitrogens with two attached hydrogens (primary N) is 1. The summed E-state index contributed by atoms with van der Waals surface area (Å²) in [4.78, 5) is 16.2. The molecule has 1 atom stereocenters. The van der Waals surface area contributed by atoms with Gasteiger partial charge in [-0.05, 0) is 32.4 Å². The van der Waals surface area contributed by atoms with E-state index in [1.54, 1.807) is 6.07 Å². The van der Waals surface area contributed by atoms with Crippen molar-refractivity contribution >= 4 is 23.2 Å². The van der Waals surface area contributed by atoms with Gasteiger partial charge >= 0.3 is 0 Å². The average Bonchev–Trinajstić information content (AvgIpc) is 2.69. The fourth-order valence-electron chi connectivity index (χ4n) is 2.02. The third-order valence-electron chi connectivity index (χ3n) is 3.00. The molecule has 0 aliphatic carbocycles. The summed E-state index contributed by atoms with van der Waals surface area (Å²) in [5, 5.41) is 3.63. The molecule has 4 nitrogen and oxygen atoms in total. The van der Waals surface area contributed by atoms with E-state index in [0.29, 0.717) is 10.6 Å². The second kappa shape index (κ2) is 4.03. The van der Waals surface area contributed by atoms with E-state index in [4.69, 9.17) is 17.3 Å². The highest BCUT2D eigenvalue weighted by atomic mass is 35.5. The topological polar surface area (TPSA) is 68.0 Å². The first kappa shape index (κ1) is 11.4. The van der Waals surface area contributed by atoms with Crippen LogP contribution >= 0.6 is 11.6 Å². The fourth-order valence-corrected chi connectivity index (χ4v) is 2.18. The van der Waals surface area contributed by atoms with Crippen molar-refractivity contribution in [1.82, 2.24) is 10.3 Å². The number of carbonyl (C=O) groups excluding carboxylic acids is 1. The first-order valence-electron chi connectivity index (χ1n) is 5.24. The SMILES string of the molecule is CC1(C(=O)c2cc(Cl)cnc2N)CCCN1. The van der Waals surface area contributed by atoms with Crippen molar-refractivity contribution in [2.75, 3.05) is 12.3 Å². The Kier molecular flexibility index (Phi) is 2.86. The molecule has 1 aliphatic rings. The van der Waals surface area contributed by atoms with Crippen LogP contribution in [0.15, 0.2) is 12.3 Å². The van der Waals surface area contributed by atoms with Gasteiger partial charge in [-0.2, -0.15) is 0 Å². The van der Waals surface area contributed by atoms with Crippen LogP contribution in [0, 0.1) is 0 Å². The van der Waals surface area contributed by atoms with Crippen LogP contribution in [0.5, 0.6) is 0 Å². The van der Waals surface area contributed by atoms with Crippen molar-refractivity contribution < 1.29 is 4.79 Å². The minimum Gasteiger partial charge on any atom is -0.383 e. The molecule has 16 heavy (non-hydrogen) atoms. The molecule has 0 amide bonds. The number of halogens is 1. The van der Waals surface area contributed by atoms with Gasteiger partial charge in [0.15, 0.2) is 5.78 Å². The molecular weight excluding hydrogens is 226 g/mol. The van der Waals surface area contributed by atoms with Gasteiger partial charge in [0.1, 0.15) is 5.82 Å². The van der Waals surface area contributed by atoms with Crippen molar-refractivity contribution in [1.29, 1.82) is 0 Å². The molecule has 0 spiro atoms. The van der Waals surface area contributed by atoms with Gasteiger partial charge in [-0.15, -0.1) is 0 Å². The van der Waals surface area contributed by atoms with Crippen LogP contribution in [0.4, 0.5) is 5.82 Å². The summed E-state index contributed by atoms with van der Waals surface area (Å²) < 4.78 is 0. The second-order valence-electron chi connectivity index (χ2n) is 4.28. The van der Waals surface area contributed by atoms with Gasteiger partial charge < -0.3 is 11.1 Å². The Morgan fingerprint density at radius 2 is 2.44 bits per heavy atom. The molecule has 3 N–H and O–H groups in total. The molecule has 1 unspecified atom stereocenters.